The third-order valence-corrected chi connectivity index (χ3v) is 2.31. The molecule has 0 saturated carbocycles. The molecule has 0 aliphatic carbocycles. The fraction of sp³-hybridized carbons (Fsp3) is 0.600. The van der Waals surface area contributed by atoms with Crippen molar-refractivity contribution < 1.29 is 17.5 Å². The highest BCUT2D eigenvalue weighted by Gasteiger charge is 2.07. The van der Waals surface area contributed by atoms with Crippen LogP contribution in [0.1, 0.15) is 6.92 Å². The van der Waals surface area contributed by atoms with E-state index in [1.54, 1.807) is 0 Å². The second-order valence-electron chi connectivity index (χ2n) is 3.72. The van der Waals surface area contributed by atoms with Crippen molar-refractivity contribution in [3.05, 3.63) is 25.3 Å². The maximum atomic E-state index is 9.44. The van der Waals surface area contributed by atoms with E-state index in [9.17, 15) is 13.0 Å². The molecule has 15 heavy (non-hydrogen) atoms. The molecule has 0 atom stereocenters. The van der Waals surface area contributed by atoms with Crippen LogP contribution in [0.2, 0.25) is 0 Å². The Balaban J connectivity index is 0. The molecule has 0 aromatic heterocycles. The van der Waals surface area contributed by atoms with Gasteiger partial charge < -0.3 is 9.04 Å². The molecule has 0 N–H and O–H groups in total. The summed E-state index contributed by atoms with van der Waals surface area (Å²) in [5.74, 6) is -0.312. The number of quaternary nitrogens is 1. The average Bonchev–Trinajstić information content (AvgIpc) is 2.03. The lowest BCUT2D eigenvalue weighted by Gasteiger charge is -2.26. The molecular weight excluding hydrogens is 214 g/mol. The molecule has 0 unspecified atom stereocenters. The maximum absolute atomic E-state index is 9.44. The first kappa shape index (κ1) is 16.8. The molecule has 0 saturated heterocycles. The maximum Gasteiger partial charge on any atom is 0.0969 e. The SMILES string of the molecule is C=CC[N+](C)(C)CC=C.CCS(=O)(=O)[O-]. The molecule has 0 bridgehead atoms. The second kappa shape index (κ2) is 7.62. The topological polar surface area (TPSA) is 57.2 Å². The van der Waals surface area contributed by atoms with Gasteiger partial charge in [0.05, 0.1) is 37.3 Å². The van der Waals surface area contributed by atoms with E-state index >= 15 is 0 Å². The number of likely N-dealkylation sites (N-methyl/N-ethyl adjacent to an activating group) is 1. The molecule has 0 heterocycles. The first-order valence-corrected chi connectivity index (χ1v) is 6.23. The highest BCUT2D eigenvalue weighted by molar-refractivity contribution is 7.85. The van der Waals surface area contributed by atoms with Crippen LogP contribution in [-0.4, -0.2) is 50.4 Å². The molecule has 0 aliphatic rings. The number of nitrogens with zero attached hydrogens (tertiary/aromatic N) is 1. The first-order chi connectivity index (χ1) is 6.68. The minimum atomic E-state index is -3.91. The minimum Gasteiger partial charge on any atom is -0.748 e. The summed E-state index contributed by atoms with van der Waals surface area (Å²) in [6, 6.07) is 0. The normalized spacial score (nSPS) is 11.2. The summed E-state index contributed by atoms with van der Waals surface area (Å²) < 4.78 is 29.3. The van der Waals surface area contributed by atoms with E-state index in [4.69, 9.17) is 0 Å². The van der Waals surface area contributed by atoms with Crippen LogP contribution in [0.5, 0.6) is 0 Å². The Labute approximate surface area is 93.2 Å². The van der Waals surface area contributed by atoms with Gasteiger partial charge in [0.1, 0.15) is 0 Å². The lowest BCUT2D eigenvalue weighted by molar-refractivity contribution is -0.878. The Hall–Kier alpha value is -0.650. The monoisotopic (exact) mass is 235 g/mol. The molecule has 0 amide bonds. The van der Waals surface area contributed by atoms with Gasteiger partial charge >= 0.3 is 0 Å². The van der Waals surface area contributed by atoms with Crippen molar-refractivity contribution in [3.63, 3.8) is 0 Å². The summed E-state index contributed by atoms with van der Waals surface area (Å²) in [6.07, 6.45) is 3.87. The second-order valence-corrected chi connectivity index (χ2v) is 5.42. The smallest absolute Gasteiger partial charge is 0.0969 e. The predicted molar refractivity (Wildman–Crippen MR) is 62.5 cm³/mol. The van der Waals surface area contributed by atoms with E-state index in [0.29, 0.717) is 0 Å². The van der Waals surface area contributed by atoms with Crippen LogP contribution in [0.3, 0.4) is 0 Å². The molecule has 4 nitrogen and oxygen atoms in total. The van der Waals surface area contributed by atoms with Gasteiger partial charge in [-0.25, -0.2) is 8.42 Å². The van der Waals surface area contributed by atoms with Crippen LogP contribution in [-0.2, 0) is 10.1 Å². The molecular formula is C10H21NO3S. The van der Waals surface area contributed by atoms with E-state index in [2.05, 4.69) is 27.3 Å². The van der Waals surface area contributed by atoms with Gasteiger partial charge in [-0.05, 0) is 12.2 Å². The van der Waals surface area contributed by atoms with E-state index in [0.717, 1.165) is 17.6 Å². The third-order valence-electron chi connectivity index (χ3n) is 1.60. The quantitative estimate of drug-likeness (QED) is 0.405. The molecule has 0 radical (unpaired) electrons. The predicted octanol–water partition coefficient (Wildman–Crippen LogP) is 0.986. The van der Waals surface area contributed by atoms with Crippen molar-refractivity contribution in [2.24, 2.45) is 0 Å². The van der Waals surface area contributed by atoms with Crippen LogP contribution < -0.4 is 0 Å². The highest BCUT2D eigenvalue weighted by atomic mass is 32.2. The van der Waals surface area contributed by atoms with Gasteiger partial charge in [0.2, 0.25) is 0 Å². The fourth-order valence-electron chi connectivity index (χ4n) is 0.774. The zero-order valence-corrected chi connectivity index (χ0v) is 10.6. The van der Waals surface area contributed by atoms with Crippen molar-refractivity contribution in [3.8, 4) is 0 Å². The van der Waals surface area contributed by atoms with Crippen molar-refractivity contribution >= 4 is 10.1 Å². The van der Waals surface area contributed by atoms with Gasteiger partial charge in [0.25, 0.3) is 0 Å². The van der Waals surface area contributed by atoms with Gasteiger partial charge in [-0.15, -0.1) is 0 Å². The number of hydrogen-bond donors (Lipinski definition) is 0. The van der Waals surface area contributed by atoms with Gasteiger partial charge in [0, 0.05) is 5.75 Å². The van der Waals surface area contributed by atoms with Crippen LogP contribution >= 0.6 is 0 Å². The first-order valence-electron chi connectivity index (χ1n) is 4.66. The van der Waals surface area contributed by atoms with Gasteiger partial charge in [0.15, 0.2) is 0 Å². The Morgan fingerprint density at radius 2 is 1.47 bits per heavy atom. The van der Waals surface area contributed by atoms with Crippen LogP contribution in [0, 0.1) is 0 Å². The Kier molecular flexibility index (Phi) is 8.51. The standard InChI is InChI=1S/C8H16N.C2H6O3S/c1-5-7-9(3,4)8-6-2;1-2-6(3,4)5/h5-6H,1-2,7-8H2,3-4H3;2H2,1H3,(H,3,4,5)/q+1;/p-1. The number of hydrogen-bond acceptors (Lipinski definition) is 3. The Bertz CT molecular complexity index is 269. The summed E-state index contributed by atoms with van der Waals surface area (Å²) in [4.78, 5) is 0. The summed E-state index contributed by atoms with van der Waals surface area (Å²) in [6.45, 7) is 10.7. The summed E-state index contributed by atoms with van der Waals surface area (Å²) in [7, 11) is 0.400. The Morgan fingerprint density at radius 1 is 1.20 bits per heavy atom. The molecule has 0 fully saturated rings. The van der Waals surface area contributed by atoms with Crippen molar-refractivity contribution in [1.82, 2.24) is 0 Å². The molecule has 0 aromatic carbocycles. The van der Waals surface area contributed by atoms with E-state index in [1.807, 2.05) is 12.2 Å². The van der Waals surface area contributed by atoms with Gasteiger partial charge in [-0.1, -0.05) is 20.1 Å². The molecule has 90 valence electrons. The zero-order valence-electron chi connectivity index (χ0n) is 9.77. The molecule has 5 heteroatoms. The third kappa shape index (κ3) is 16.1. The summed E-state index contributed by atoms with van der Waals surface area (Å²) in [5, 5.41) is 0. The summed E-state index contributed by atoms with van der Waals surface area (Å²) >= 11 is 0. The zero-order chi connectivity index (χ0) is 12.5. The van der Waals surface area contributed by atoms with Gasteiger partial charge in [-0.2, -0.15) is 0 Å². The molecule has 0 aliphatic heterocycles. The molecule has 0 aromatic rings. The van der Waals surface area contributed by atoms with E-state index < -0.39 is 10.1 Å². The van der Waals surface area contributed by atoms with Crippen molar-refractivity contribution in [2.45, 2.75) is 6.92 Å². The largest absolute Gasteiger partial charge is 0.748 e. The van der Waals surface area contributed by atoms with Gasteiger partial charge in [-0.3, -0.25) is 0 Å². The lowest BCUT2D eigenvalue weighted by Crippen LogP contribution is -2.39. The average molecular weight is 235 g/mol. The Morgan fingerprint density at radius 3 is 1.60 bits per heavy atom. The van der Waals surface area contributed by atoms with Crippen LogP contribution in [0.4, 0.5) is 0 Å². The van der Waals surface area contributed by atoms with Crippen LogP contribution in [0.15, 0.2) is 25.3 Å². The van der Waals surface area contributed by atoms with E-state index in [1.165, 1.54) is 6.92 Å². The van der Waals surface area contributed by atoms with Crippen molar-refractivity contribution in [1.29, 1.82) is 0 Å². The molecule has 0 rings (SSSR count). The van der Waals surface area contributed by atoms with E-state index in [-0.39, 0.29) is 5.75 Å². The minimum absolute atomic E-state index is 0.312. The molecule has 0 spiro atoms. The lowest BCUT2D eigenvalue weighted by atomic mass is 10.4. The number of rotatable bonds is 5. The highest BCUT2D eigenvalue weighted by Crippen LogP contribution is 1.95. The summed E-state index contributed by atoms with van der Waals surface area (Å²) in [5.41, 5.74) is 0. The fourth-order valence-corrected chi connectivity index (χ4v) is 0.774. The van der Waals surface area contributed by atoms with Crippen LogP contribution in [0.25, 0.3) is 0 Å². The van der Waals surface area contributed by atoms with Crippen molar-refractivity contribution in [2.75, 3.05) is 32.9 Å².